The number of anilines is 1. The Bertz CT molecular complexity index is 791. The molecule has 0 aliphatic heterocycles. The van der Waals surface area contributed by atoms with Crippen molar-refractivity contribution in [2.75, 3.05) is 11.1 Å². The first-order chi connectivity index (χ1) is 11.4. The van der Waals surface area contributed by atoms with Crippen LogP contribution in [0.2, 0.25) is 0 Å². The van der Waals surface area contributed by atoms with Crippen molar-refractivity contribution < 1.29 is 8.42 Å². The average Bonchev–Trinajstić information content (AvgIpc) is 2.57. The number of nitrogens with one attached hydrogen (secondary N) is 1. The summed E-state index contributed by atoms with van der Waals surface area (Å²) in [5.41, 5.74) is 7.89. The van der Waals surface area contributed by atoms with Crippen LogP contribution in [0, 0.1) is 6.92 Å². The average molecular weight is 473 g/mol. The molecule has 2 rings (SSSR count). The van der Waals surface area contributed by atoms with Crippen molar-refractivity contribution in [1.82, 2.24) is 0 Å². The van der Waals surface area contributed by atoms with E-state index in [0.29, 0.717) is 11.3 Å². The zero-order valence-corrected chi connectivity index (χ0v) is 17.5. The summed E-state index contributed by atoms with van der Waals surface area (Å²) in [4.78, 5) is 4.64. The molecule has 3 N–H and O–H groups in total. The number of halogens is 1. The van der Waals surface area contributed by atoms with Crippen LogP contribution in [-0.2, 0) is 9.84 Å². The molecular weight excluding hydrogens is 449 g/mol. The molecule has 25 heavy (non-hydrogen) atoms. The van der Waals surface area contributed by atoms with Gasteiger partial charge in [-0.15, -0.1) is 24.0 Å². The summed E-state index contributed by atoms with van der Waals surface area (Å²) < 4.78 is 24.9. The van der Waals surface area contributed by atoms with Gasteiger partial charge in [0, 0.05) is 5.69 Å². The number of nitrogens with two attached hydrogens (primary N) is 1. The van der Waals surface area contributed by atoms with Crippen molar-refractivity contribution in [2.45, 2.75) is 31.2 Å². The van der Waals surface area contributed by atoms with Crippen molar-refractivity contribution in [3.05, 3.63) is 60.2 Å². The van der Waals surface area contributed by atoms with E-state index in [2.05, 4.69) is 10.3 Å². The van der Waals surface area contributed by atoms with Gasteiger partial charge in [-0.2, -0.15) is 0 Å². The summed E-state index contributed by atoms with van der Waals surface area (Å²) in [7, 11) is -3.39. The zero-order valence-electron chi connectivity index (χ0n) is 14.3. The molecule has 2 aromatic rings. The van der Waals surface area contributed by atoms with Gasteiger partial charge in [-0.05, 0) is 37.6 Å². The number of aryl methyl sites for hydroxylation is 1. The number of rotatable bonds is 6. The Hall–Kier alpha value is -1.61. The van der Waals surface area contributed by atoms with E-state index in [1.54, 1.807) is 30.3 Å². The molecule has 0 aliphatic rings. The summed E-state index contributed by atoms with van der Waals surface area (Å²) in [6.45, 7) is 3.90. The number of hydrogen-bond donors (Lipinski definition) is 2. The lowest BCUT2D eigenvalue weighted by molar-refractivity contribution is 0.584. The van der Waals surface area contributed by atoms with Crippen LogP contribution >= 0.6 is 24.0 Å². The van der Waals surface area contributed by atoms with Gasteiger partial charge in [-0.1, -0.05) is 42.8 Å². The van der Waals surface area contributed by atoms with E-state index in [-0.39, 0.29) is 35.7 Å². The Morgan fingerprint density at radius 1 is 1.12 bits per heavy atom. The normalized spacial score (nSPS) is 13.0. The predicted molar refractivity (Wildman–Crippen MR) is 114 cm³/mol. The summed E-state index contributed by atoms with van der Waals surface area (Å²) in [5, 5.41) is 2.99. The van der Waals surface area contributed by atoms with Gasteiger partial charge in [-0.25, -0.2) is 13.4 Å². The molecule has 0 spiro atoms. The van der Waals surface area contributed by atoms with Crippen molar-refractivity contribution in [3.63, 3.8) is 0 Å². The maximum absolute atomic E-state index is 12.4. The molecule has 0 heterocycles. The molecule has 0 saturated heterocycles. The molecule has 2 aromatic carbocycles. The van der Waals surface area contributed by atoms with Crippen LogP contribution in [0.5, 0.6) is 0 Å². The van der Waals surface area contributed by atoms with E-state index in [1.807, 2.05) is 38.1 Å². The molecule has 0 saturated carbocycles. The number of aliphatic imine (C=N–C) groups is 1. The van der Waals surface area contributed by atoms with E-state index in [9.17, 15) is 8.42 Å². The fraction of sp³-hybridized carbons (Fsp3) is 0.278. The topological polar surface area (TPSA) is 84.5 Å². The third-order valence-electron chi connectivity index (χ3n) is 3.63. The Balaban J connectivity index is 0.00000312. The first-order valence-electron chi connectivity index (χ1n) is 7.85. The molecular formula is C18H24IN3O2S. The SMILES string of the molecule is CCC(CS(=O)(=O)c1ccccc1)N=C(N)Nc1ccc(C)cc1.I. The predicted octanol–water partition coefficient (Wildman–Crippen LogP) is 3.59. The van der Waals surface area contributed by atoms with Crippen molar-refractivity contribution in [1.29, 1.82) is 0 Å². The Labute approximate surface area is 166 Å². The van der Waals surface area contributed by atoms with Gasteiger partial charge in [0.05, 0.1) is 16.7 Å². The van der Waals surface area contributed by atoms with Crippen LogP contribution in [-0.4, -0.2) is 26.2 Å². The van der Waals surface area contributed by atoms with E-state index in [0.717, 1.165) is 11.3 Å². The molecule has 136 valence electrons. The highest BCUT2D eigenvalue weighted by atomic mass is 127. The van der Waals surface area contributed by atoms with Crippen LogP contribution in [0.25, 0.3) is 0 Å². The molecule has 5 nitrogen and oxygen atoms in total. The number of benzene rings is 2. The van der Waals surface area contributed by atoms with E-state index >= 15 is 0 Å². The van der Waals surface area contributed by atoms with Gasteiger partial charge in [0.25, 0.3) is 0 Å². The number of sulfone groups is 1. The minimum Gasteiger partial charge on any atom is -0.370 e. The lowest BCUT2D eigenvalue weighted by Gasteiger charge is -2.13. The Morgan fingerprint density at radius 2 is 1.72 bits per heavy atom. The minimum atomic E-state index is -3.39. The van der Waals surface area contributed by atoms with Gasteiger partial charge < -0.3 is 11.1 Å². The van der Waals surface area contributed by atoms with Crippen LogP contribution < -0.4 is 11.1 Å². The molecule has 0 amide bonds. The van der Waals surface area contributed by atoms with Gasteiger partial charge in [0.15, 0.2) is 15.8 Å². The Kier molecular flexibility index (Phi) is 8.37. The van der Waals surface area contributed by atoms with Crippen molar-refractivity contribution in [2.24, 2.45) is 10.7 Å². The standard InChI is InChI=1S/C18H23N3O2S.HI/c1-3-15(13-24(22,23)17-7-5-4-6-8-17)20-18(19)21-16-11-9-14(2)10-12-16;/h4-12,15H,3,13H2,1-2H3,(H3,19,20,21);1H. The molecule has 0 fully saturated rings. The molecule has 1 unspecified atom stereocenters. The molecule has 1 atom stereocenters. The molecule has 0 radical (unpaired) electrons. The van der Waals surface area contributed by atoms with E-state index in [4.69, 9.17) is 5.73 Å². The van der Waals surface area contributed by atoms with Gasteiger partial charge >= 0.3 is 0 Å². The fourth-order valence-corrected chi connectivity index (χ4v) is 3.82. The minimum absolute atomic E-state index is 0. The summed E-state index contributed by atoms with van der Waals surface area (Å²) in [6, 6.07) is 15.7. The van der Waals surface area contributed by atoms with Gasteiger partial charge in [0.1, 0.15) is 0 Å². The van der Waals surface area contributed by atoms with Gasteiger partial charge in [-0.3, -0.25) is 0 Å². The second-order valence-electron chi connectivity index (χ2n) is 5.66. The number of hydrogen-bond acceptors (Lipinski definition) is 3. The quantitative estimate of drug-likeness (QED) is 0.382. The van der Waals surface area contributed by atoms with Crippen LogP contribution in [0.4, 0.5) is 5.69 Å². The third-order valence-corrected chi connectivity index (χ3v) is 5.45. The lowest BCUT2D eigenvalue weighted by atomic mass is 10.2. The second-order valence-corrected chi connectivity index (χ2v) is 7.70. The highest BCUT2D eigenvalue weighted by Gasteiger charge is 2.20. The molecule has 7 heteroatoms. The number of guanidine groups is 1. The maximum atomic E-state index is 12.4. The first kappa shape index (κ1) is 21.4. The highest BCUT2D eigenvalue weighted by Crippen LogP contribution is 2.14. The summed E-state index contributed by atoms with van der Waals surface area (Å²) in [6.07, 6.45) is 0.586. The monoisotopic (exact) mass is 473 g/mol. The molecule has 0 aromatic heterocycles. The smallest absolute Gasteiger partial charge is 0.193 e. The largest absolute Gasteiger partial charge is 0.370 e. The maximum Gasteiger partial charge on any atom is 0.193 e. The summed E-state index contributed by atoms with van der Waals surface area (Å²) in [5.74, 6) is 0.151. The molecule has 0 aliphatic carbocycles. The van der Waals surface area contributed by atoms with Gasteiger partial charge in [0.2, 0.25) is 0 Å². The first-order valence-corrected chi connectivity index (χ1v) is 9.50. The van der Waals surface area contributed by atoms with Crippen LogP contribution in [0.15, 0.2) is 64.5 Å². The van der Waals surface area contributed by atoms with E-state index in [1.165, 1.54) is 0 Å². The van der Waals surface area contributed by atoms with Crippen molar-refractivity contribution in [3.8, 4) is 0 Å². The van der Waals surface area contributed by atoms with Crippen LogP contribution in [0.1, 0.15) is 18.9 Å². The zero-order chi connectivity index (χ0) is 17.6. The lowest BCUT2D eigenvalue weighted by Crippen LogP contribution is -2.28. The highest BCUT2D eigenvalue weighted by molar-refractivity contribution is 14.0. The summed E-state index contributed by atoms with van der Waals surface area (Å²) >= 11 is 0. The second kappa shape index (κ2) is 9.76. The van der Waals surface area contributed by atoms with Crippen LogP contribution in [0.3, 0.4) is 0 Å². The fourth-order valence-electron chi connectivity index (χ4n) is 2.24. The van der Waals surface area contributed by atoms with Crippen molar-refractivity contribution >= 4 is 45.5 Å². The van der Waals surface area contributed by atoms with E-state index < -0.39 is 15.9 Å². The molecule has 0 bridgehead atoms. The number of nitrogens with zero attached hydrogens (tertiary/aromatic N) is 1. The third kappa shape index (κ3) is 6.66. The Morgan fingerprint density at radius 3 is 2.28 bits per heavy atom.